The summed E-state index contributed by atoms with van der Waals surface area (Å²) in [6, 6.07) is 27.6. The minimum atomic E-state index is -0.165. The van der Waals surface area contributed by atoms with Gasteiger partial charge in [0.2, 0.25) is 0 Å². The van der Waals surface area contributed by atoms with Crippen molar-refractivity contribution in [1.82, 2.24) is 9.78 Å². The van der Waals surface area contributed by atoms with E-state index in [1.807, 2.05) is 89.6 Å². The molecular weight excluding hydrogens is 346 g/mol. The molecule has 0 aliphatic heterocycles. The zero-order chi connectivity index (χ0) is 19.3. The fraction of sp³-hybridized carbons (Fsp3) is 0.0833. The molecule has 1 aromatic heterocycles. The molecule has 0 spiro atoms. The number of aromatic nitrogens is 2. The molecule has 4 aromatic rings. The number of carbonyl (C=O) groups excluding carboxylic acids is 1. The molecule has 0 saturated heterocycles. The number of nitrogens with one attached hydrogen (secondary N) is 1. The Balaban J connectivity index is 1.79. The lowest BCUT2D eigenvalue weighted by Gasteiger charge is -2.12. The molecular formula is C24H21N3O. The van der Waals surface area contributed by atoms with Crippen molar-refractivity contribution in [3.63, 3.8) is 0 Å². The number of anilines is 1. The van der Waals surface area contributed by atoms with Crippen molar-refractivity contribution in [1.29, 1.82) is 0 Å². The number of amides is 1. The predicted octanol–water partition coefficient (Wildman–Crippen LogP) is 5.35. The lowest BCUT2D eigenvalue weighted by atomic mass is 10.1. The second-order valence-electron chi connectivity index (χ2n) is 6.49. The molecule has 1 amide bonds. The molecule has 0 saturated carbocycles. The summed E-state index contributed by atoms with van der Waals surface area (Å²) in [4.78, 5) is 13.2. The topological polar surface area (TPSA) is 46.9 Å². The van der Waals surface area contributed by atoms with E-state index in [1.165, 1.54) is 0 Å². The Morgan fingerprint density at radius 1 is 0.893 bits per heavy atom. The second-order valence-corrected chi connectivity index (χ2v) is 6.49. The summed E-state index contributed by atoms with van der Waals surface area (Å²) in [5.41, 5.74) is 5.11. The molecule has 4 rings (SSSR count). The molecule has 0 unspecified atom stereocenters. The third-order valence-electron chi connectivity index (χ3n) is 4.71. The maximum absolute atomic E-state index is 13.2. The molecule has 138 valence electrons. The molecule has 28 heavy (non-hydrogen) atoms. The van der Waals surface area contributed by atoms with E-state index in [4.69, 9.17) is 0 Å². The van der Waals surface area contributed by atoms with Crippen LogP contribution < -0.4 is 5.32 Å². The maximum atomic E-state index is 13.2. The van der Waals surface area contributed by atoms with Crippen LogP contribution in [0.4, 0.5) is 5.69 Å². The summed E-state index contributed by atoms with van der Waals surface area (Å²) in [6.45, 7) is 2.08. The molecule has 0 bridgehead atoms. The van der Waals surface area contributed by atoms with Gasteiger partial charge in [0.05, 0.1) is 23.1 Å². The molecule has 1 N–H and O–H groups in total. The average Bonchev–Trinajstić information content (AvgIpc) is 3.21. The van der Waals surface area contributed by atoms with Crippen LogP contribution in [0.2, 0.25) is 0 Å². The van der Waals surface area contributed by atoms with Crippen molar-refractivity contribution in [2.45, 2.75) is 13.3 Å². The number of hydrogen-bond donors (Lipinski definition) is 1. The van der Waals surface area contributed by atoms with Gasteiger partial charge in [0.15, 0.2) is 0 Å². The van der Waals surface area contributed by atoms with Crippen molar-refractivity contribution in [2.24, 2.45) is 0 Å². The van der Waals surface area contributed by atoms with Crippen molar-refractivity contribution in [3.05, 3.63) is 102 Å². The molecule has 3 aromatic carbocycles. The fourth-order valence-corrected chi connectivity index (χ4v) is 3.29. The van der Waals surface area contributed by atoms with E-state index in [0.717, 1.165) is 34.6 Å². The Morgan fingerprint density at radius 3 is 2.25 bits per heavy atom. The first kappa shape index (κ1) is 17.7. The molecule has 0 radical (unpaired) electrons. The highest BCUT2D eigenvalue weighted by molar-refractivity contribution is 6.08. The zero-order valence-electron chi connectivity index (χ0n) is 15.7. The standard InChI is InChI=1S/C24H21N3O/c1-2-18-11-9-10-16-22(18)26-24(28)21-17-25-27(20-14-7-4-8-15-20)23(21)19-12-5-3-6-13-19/h3-17H,2H2,1H3,(H,26,28). The molecule has 0 atom stereocenters. The fourth-order valence-electron chi connectivity index (χ4n) is 3.29. The minimum absolute atomic E-state index is 0.165. The number of aryl methyl sites for hydroxylation is 1. The number of benzene rings is 3. The first-order valence-electron chi connectivity index (χ1n) is 9.36. The first-order valence-corrected chi connectivity index (χ1v) is 9.36. The van der Waals surface area contributed by atoms with Gasteiger partial charge in [0.1, 0.15) is 0 Å². The Hall–Kier alpha value is -3.66. The Morgan fingerprint density at radius 2 is 1.54 bits per heavy atom. The normalized spacial score (nSPS) is 10.6. The summed E-state index contributed by atoms with van der Waals surface area (Å²) < 4.78 is 1.82. The number of nitrogens with zero attached hydrogens (tertiary/aromatic N) is 2. The Kier molecular flexibility index (Phi) is 5.02. The van der Waals surface area contributed by atoms with Gasteiger partial charge in [0.25, 0.3) is 5.91 Å². The lowest BCUT2D eigenvalue weighted by molar-refractivity contribution is 0.102. The molecule has 0 aliphatic rings. The highest BCUT2D eigenvalue weighted by Gasteiger charge is 2.20. The summed E-state index contributed by atoms with van der Waals surface area (Å²) in [7, 11) is 0. The number of rotatable bonds is 5. The van der Waals surface area contributed by atoms with Gasteiger partial charge >= 0.3 is 0 Å². The van der Waals surface area contributed by atoms with E-state index in [0.29, 0.717) is 5.56 Å². The molecule has 1 heterocycles. The van der Waals surface area contributed by atoms with Crippen LogP contribution in [0.25, 0.3) is 16.9 Å². The maximum Gasteiger partial charge on any atom is 0.259 e. The zero-order valence-corrected chi connectivity index (χ0v) is 15.7. The molecule has 0 fully saturated rings. The predicted molar refractivity (Wildman–Crippen MR) is 113 cm³/mol. The molecule has 4 heteroatoms. The van der Waals surface area contributed by atoms with Gasteiger partial charge in [-0.15, -0.1) is 0 Å². The van der Waals surface area contributed by atoms with Crippen LogP contribution in [-0.4, -0.2) is 15.7 Å². The van der Waals surface area contributed by atoms with Crippen LogP contribution in [0.15, 0.2) is 91.1 Å². The molecule has 4 nitrogen and oxygen atoms in total. The van der Waals surface area contributed by atoms with Gasteiger partial charge < -0.3 is 5.32 Å². The van der Waals surface area contributed by atoms with Gasteiger partial charge in [-0.05, 0) is 30.2 Å². The van der Waals surface area contributed by atoms with E-state index in [9.17, 15) is 4.79 Å². The van der Waals surface area contributed by atoms with Crippen LogP contribution in [-0.2, 0) is 6.42 Å². The monoisotopic (exact) mass is 367 g/mol. The average molecular weight is 367 g/mol. The number of para-hydroxylation sites is 2. The third kappa shape index (κ3) is 3.45. The summed E-state index contributed by atoms with van der Waals surface area (Å²) in [5.74, 6) is -0.165. The van der Waals surface area contributed by atoms with Crippen LogP contribution in [0.1, 0.15) is 22.8 Å². The lowest BCUT2D eigenvalue weighted by Crippen LogP contribution is -2.14. The first-order chi connectivity index (χ1) is 13.8. The summed E-state index contributed by atoms with van der Waals surface area (Å²) >= 11 is 0. The van der Waals surface area contributed by atoms with Crippen molar-refractivity contribution >= 4 is 11.6 Å². The number of hydrogen-bond acceptors (Lipinski definition) is 2. The van der Waals surface area contributed by atoms with Crippen molar-refractivity contribution in [3.8, 4) is 16.9 Å². The van der Waals surface area contributed by atoms with Crippen LogP contribution in [0, 0.1) is 0 Å². The highest BCUT2D eigenvalue weighted by atomic mass is 16.1. The summed E-state index contributed by atoms with van der Waals surface area (Å²) in [6.07, 6.45) is 2.49. The van der Waals surface area contributed by atoms with Crippen LogP contribution in [0.3, 0.4) is 0 Å². The van der Waals surface area contributed by atoms with E-state index >= 15 is 0 Å². The quantitative estimate of drug-likeness (QED) is 0.516. The van der Waals surface area contributed by atoms with Crippen LogP contribution >= 0.6 is 0 Å². The van der Waals surface area contributed by atoms with Gasteiger partial charge in [-0.2, -0.15) is 5.10 Å². The van der Waals surface area contributed by atoms with Crippen molar-refractivity contribution in [2.75, 3.05) is 5.32 Å². The highest BCUT2D eigenvalue weighted by Crippen LogP contribution is 2.28. The van der Waals surface area contributed by atoms with Gasteiger partial charge in [-0.3, -0.25) is 4.79 Å². The van der Waals surface area contributed by atoms with Crippen molar-refractivity contribution < 1.29 is 4.79 Å². The van der Waals surface area contributed by atoms with Gasteiger partial charge in [-0.1, -0.05) is 73.7 Å². The SMILES string of the molecule is CCc1ccccc1NC(=O)c1cnn(-c2ccccc2)c1-c1ccccc1. The van der Waals surface area contributed by atoms with Gasteiger partial charge in [-0.25, -0.2) is 4.68 Å². The summed E-state index contributed by atoms with van der Waals surface area (Å²) in [5, 5.41) is 7.58. The molecule has 0 aliphatic carbocycles. The Bertz CT molecular complexity index is 1090. The number of carbonyl (C=O) groups is 1. The van der Waals surface area contributed by atoms with E-state index in [2.05, 4.69) is 17.3 Å². The van der Waals surface area contributed by atoms with E-state index < -0.39 is 0 Å². The van der Waals surface area contributed by atoms with Crippen LogP contribution in [0.5, 0.6) is 0 Å². The van der Waals surface area contributed by atoms with E-state index in [1.54, 1.807) is 6.20 Å². The third-order valence-corrected chi connectivity index (χ3v) is 4.71. The largest absolute Gasteiger partial charge is 0.322 e. The smallest absolute Gasteiger partial charge is 0.259 e. The van der Waals surface area contributed by atoms with E-state index in [-0.39, 0.29) is 5.91 Å². The van der Waals surface area contributed by atoms with Gasteiger partial charge in [0, 0.05) is 11.3 Å². The second kappa shape index (κ2) is 7.92. The Labute approximate surface area is 164 Å². The minimum Gasteiger partial charge on any atom is -0.322 e.